The zero-order valence-electron chi connectivity index (χ0n) is 14.2. The Labute approximate surface area is 138 Å². The minimum atomic E-state index is -0.961. The van der Waals surface area contributed by atoms with Crippen molar-refractivity contribution in [3.8, 4) is 0 Å². The van der Waals surface area contributed by atoms with Crippen molar-refractivity contribution in [3.63, 3.8) is 0 Å². The van der Waals surface area contributed by atoms with E-state index in [-0.39, 0.29) is 6.61 Å². The molecule has 0 fully saturated rings. The van der Waals surface area contributed by atoms with Gasteiger partial charge in [0.2, 0.25) is 0 Å². The molecule has 128 valence electrons. The lowest BCUT2D eigenvalue weighted by Crippen LogP contribution is -2.03. The van der Waals surface area contributed by atoms with Crippen molar-refractivity contribution in [2.45, 2.75) is 46.1 Å². The van der Waals surface area contributed by atoms with Crippen molar-refractivity contribution in [2.24, 2.45) is 0 Å². The summed E-state index contributed by atoms with van der Waals surface area (Å²) in [6, 6.07) is 0. The van der Waals surface area contributed by atoms with Crippen LogP contribution in [0.3, 0.4) is 0 Å². The number of carbonyl (C=O) groups is 1. The van der Waals surface area contributed by atoms with E-state index in [2.05, 4.69) is 0 Å². The molecule has 4 heteroatoms. The largest absolute Gasteiger partial charge is 0.478 e. The second kappa shape index (κ2) is 12.6. The highest BCUT2D eigenvalue weighted by Crippen LogP contribution is 2.07. The number of allylic oxidation sites excluding steroid dienone is 8. The summed E-state index contributed by atoms with van der Waals surface area (Å²) >= 11 is 0. The summed E-state index contributed by atoms with van der Waals surface area (Å²) in [5, 5.41) is 27.1. The fourth-order valence-corrected chi connectivity index (χ4v) is 1.92. The summed E-state index contributed by atoms with van der Waals surface area (Å²) in [5.41, 5.74) is 2.84. The lowest BCUT2D eigenvalue weighted by atomic mass is 10.1. The third-order valence-electron chi connectivity index (χ3n) is 3.03. The van der Waals surface area contributed by atoms with Crippen LogP contribution in [0.5, 0.6) is 0 Å². The van der Waals surface area contributed by atoms with Gasteiger partial charge in [-0.2, -0.15) is 0 Å². The monoisotopic (exact) mass is 320 g/mol. The molecule has 0 aliphatic heterocycles. The molecular weight excluding hydrogens is 292 g/mol. The van der Waals surface area contributed by atoms with Gasteiger partial charge in [0.15, 0.2) is 0 Å². The number of unbranched alkanes of at least 4 members (excludes halogenated alkanes) is 1. The van der Waals surface area contributed by atoms with E-state index in [1.165, 1.54) is 0 Å². The zero-order chi connectivity index (χ0) is 17.7. The predicted octanol–water partition coefficient (Wildman–Crippen LogP) is 3.55. The molecular formula is C19H28O4. The van der Waals surface area contributed by atoms with Crippen LogP contribution >= 0.6 is 0 Å². The van der Waals surface area contributed by atoms with Gasteiger partial charge in [0, 0.05) is 12.7 Å². The van der Waals surface area contributed by atoms with Crippen LogP contribution in [0, 0.1) is 0 Å². The molecule has 1 unspecified atom stereocenters. The van der Waals surface area contributed by atoms with Crippen molar-refractivity contribution in [2.75, 3.05) is 6.61 Å². The van der Waals surface area contributed by atoms with E-state index in [1.807, 2.05) is 45.1 Å². The predicted molar refractivity (Wildman–Crippen MR) is 94.1 cm³/mol. The number of carboxylic acids is 1. The minimum absolute atomic E-state index is 0.161. The Morgan fingerprint density at radius 1 is 1.00 bits per heavy atom. The molecule has 0 aromatic heterocycles. The van der Waals surface area contributed by atoms with Crippen LogP contribution in [0.1, 0.15) is 40.0 Å². The summed E-state index contributed by atoms with van der Waals surface area (Å²) < 4.78 is 0. The van der Waals surface area contributed by atoms with Gasteiger partial charge in [0.25, 0.3) is 0 Å². The minimum Gasteiger partial charge on any atom is -0.478 e. The average molecular weight is 320 g/mol. The lowest BCUT2D eigenvalue weighted by molar-refractivity contribution is -0.131. The SMILES string of the molecule is CC(=CC=CC(C)=CC(O)CCCCO)C=C(C)C=CC(=O)O. The maximum atomic E-state index is 10.4. The van der Waals surface area contributed by atoms with Crippen LogP contribution in [0.25, 0.3) is 0 Å². The van der Waals surface area contributed by atoms with Gasteiger partial charge < -0.3 is 15.3 Å². The van der Waals surface area contributed by atoms with Gasteiger partial charge in [0.1, 0.15) is 0 Å². The van der Waals surface area contributed by atoms with Gasteiger partial charge in [-0.3, -0.25) is 0 Å². The van der Waals surface area contributed by atoms with Gasteiger partial charge in [0.05, 0.1) is 6.10 Å². The molecule has 0 aromatic rings. The molecule has 0 aliphatic carbocycles. The van der Waals surface area contributed by atoms with Crippen LogP contribution < -0.4 is 0 Å². The molecule has 0 bridgehead atoms. The van der Waals surface area contributed by atoms with E-state index in [4.69, 9.17) is 10.2 Å². The molecule has 0 saturated carbocycles. The van der Waals surface area contributed by atoms with Crippen LogP contribution in [0.15, 0.2) is 59.3 Å². The van der Waals surface area contributed by atoms with E-state index in [0.29, 0.717) is 12.8 Å². The summed E-state index contributed by atoms with van der Waals surface area (Å²) in [6.45, 7) is 5.86. The summed E-state index contributed by atoms with van der Waals surface area (Å²) in [5.74, 6) is -0.961. The fraction of sp³-hybridized carbons (Fsp3) is 0.421. The first-order valence-corrected chi connectivity index (χ1v) is 7.76. The van der Waals surface area contributed by atoms with Gasteiger partial charge in [-0.05, 0) is 40.0 Å². The van der Waals surface area contributed by atoms with E-state index >= 15 is 0 Å². The highest BCUT2D eigenvalue weighted by atomic mass is 16.4. The van der Waals surface area contributed by atoms with Crippen molar-refractivity contribution < 1.29 is 20.1 Å². The molecule has 0 radical (unpaired) electrons. The number of rotatable bonds is 10. The molecule has 3 N–H and O–H groups in total. The molecule has 1 atom stereocenters. The Morgan fingerprint density at radius 3 is 2.30 bits per heavy atom. The maximum Gasteiger partial charge on any atom is 0.328 e. The summed E-state index contributed by atoms with van der Waals surface area (Å²) in [4.78, 5) is 10.4. The van der Waals surface area contributed by atoms with Crippen molar-refractivity contribution >= 4 is 5.97 Å². The number of carboxylic acid groups (broad SMARTS) is 1. The highest BCUT2D eigenvalue weighted by molar-refractivity contribution is 5.80. The third kappa shape index (κ3) is 13.5. The van der Waals surface area contributed by atoms with Crippen LogP contribution in [0.4, 0.5) is 0 Å². The fourth-order valence-electron chi connectivity index (χ4n) is 1.92. The lowest BCUT2D eigenvalue weighted by Gasteiger charge is -2.05. The number of aliphatic hydroxyl groups is 2. The molecule has 0 aliphatic rings. The Hall–Kier alpha value is -1.91. The molecule has 0 rings (SSSR count). The first-order chi connectivity index (χ1) is 10.8. The molecule has 0 heterocycles. The normalized spacial score (nSPS) is 15.6. The van der Waals surface area contributed by atoms with E-state index in [9.17, 15) is 9.90 Å². The standard InChI is InChI=1S/C19H28O4/c1-15(13-17(3)10-11-19(22)23)7-6-8-16(2)14-18(21)9-4-5-12-20/h6-8,10-11,13-14,18,20-21H,4-5,9,12H2,1-3H3,(H,22,23). The number of aliphatic carboxylic acids is 1. The Kier molecular flexibility index (Phi) is 11.6. The van der Waals surface area contributed by atoms with Crippen molar-refractivity contribution in [1.82, 2.24) is 0 Å². The van der Waals surface area contributed by atoms with Gasteiger partial charge in [-0.25, -0.2) is 4.79 Å². The van der Waals surface area contributed by atoms with Gasteiger partial charge in [-0.1, -0.05) is 53.2 Å². The topological polar surface area (TPSA) is 77.8 Å². The average Bonchev–Trinajstić information content (AvgIpc) is 2.45. The van der Waals surface area contributed by atoms with Crippen LogP contribution in [0.2, 0.25) is 0 Å². The van der Waals surface area contributed by atoms with Crippen molar-refractivity contribution in [3.05, 3.63) is 59.3 Å². The Morgan fingerprint density at radius 2 is 1.70 bits per heavy atom. The second-order valence-electron chi connectivity index (χ2n) is 5.53. The maximum absolute atomic E-state index is 10.4. The Balaban J connectivity index is 4.53. The second-order valence-corrected chi connectivity index (χ2v) is 5.53. The summed E-state index contributed by atoms with van der Waals surface area (Å²) in [7, 11) is 0. The third-order valence-corrected chi connectivity index (χ3v) is 3.03. The van der Waals surface area contributed by atoms with Gasteiger partial charge in [-0.15, -0.1) is 0 Å². The highest BCUT2D eigenvalue weighted by Gasteiger charge is 1.99. The molecule has 23 heavy (non-hydrogen) atoms. The molecule has 0 saturated heterocycles. The van der Waals surface area contributed by atoms with Crippen molar-refractivity contribution in [1.29, 1.82) is 0 Å². The van der Waals surface area contributed by atoms with Crippen LogP contribution in [-0.4, -0.2) is 34.0 Å². The van der Waals surface area contributed by atoms with Gasteiger partial charge >= 0.3 is 5.97 Å². The van der Waals surface area contributed by atoms with E-state index < -0.39 is 12.1 Å². The first kappa shape index (κ1) is 21.1. The number of hydrogen-bond acceptors (Lipinski definition) is 3. The zero-order valence-corrected chi connectivity index (χ0v) is 14.2. The van der Waals surface area contributed by atoms with E-state index in [1.54, 1.807) is 12.2 Å². The molecule has 4 nitrogen and oxygen atoms in total. The first-order valence-electron chi connectivity index (χ1n) is 7.76. The molecule has 0 aromatic carbocycles. The van der Waals surface area contributed by atoms with Crippen LogP contribution in [-0.2, 0) is 4.79 Å². The van der Waals surface area contributed by atoms with E-state index in [0.717, 1.165) is 29.2 Å². The smallest absolute Gasteiger partial charge is 0.328 e. The number of hydrogen-bond donors (Lipinski definition) is 3. The quantitative estimate of drug-likeness (QED) is 0.327. The number of aliphatic hydroxyl groups excluding tert-OH is 2. The Bertz CT molecular complexity index is 507. The molecule has 0 spiro atoms. The molecule has 0 amide bonds. The summed E-state index contributed by atoms with van der Waals surface area (Å²) in [6.07, 6.45) is 13.8.